The minimum atomic E-state index is -0.729. The minimum Gasteiger partial charge on any atom is -0.489 e. The van der Waals surface area contributed by atoms with Crippen LogP contribution in [0.5, 0.6) is 5.75 Å². The third-order valence-corrected chi connectivity index (χ3v) is 4.31. The molecule has 0 aliphatic rings. The second-order valence-electron chi connectivity index (χ2n) is 4.92. The van der Waals surface area contributed by atoms with Gasteiger partial charge >= 0.3 is 0 Å². The van der Waals surface area contributed by atoms with Crippen LogP contribution in [-0.2, 0) is 0 Å². The second-order valence-corrected chi connectivity index (χ2v) is 5.70. The molecular formula is C16H23Cl2NO2. The predicted molar refractivity (Wildman–Crippen MR) is 89.2 cm³/mol. The molecule has 118 valence electrons. The van der Waals surface area contributed by atoms with E-state index in [4.69, 9.17) is 33.7 Å². The zero-order chi connectivity index (χ0) is 15.8. The SMILES string of the molecule is C=CCOc1ccc(Cl)c(Cl)c1C(O)C(CC)CCCN. The van der Waals surface area contributed by atoms with Crippen LogP contribution in [0.4, 0.5) is 0 Å². The zero-order valence-corrected chi connectivity index (χ0v) is 13.8. The molecule has 0 saturated carbocycles. The van der Waals surface area contributed by atoms with Crippen molar-refractivity contribution >= 4 is 23.2 Å². The van der Waals surface area contributed by atoms with Crippen molar-refractivity contribution in [1.29, 1.82) is 0 Å². The van der Waals surface area contributed by atoms with Gasteiger partial charge in [-0.3, -0.25) is 0 Å². The number of benzene rings is 1. The van der Waals surface area contributed by atoms with E-state index in [1.165, 1.54) is 0 Å². The number of ether oxygens (including phenoxy) is 1. The third-order valence-electron chi connectivity index (χ3n) is 3.50. The number of rotatable bonds is 9. The highest BCUT2D eigenvalue weighted by Gasteiger charge is 2.26. The Morgan fingerprint density at radius 1 is 1.43 bits per heavy atom. The van der Waals surface area contributed by atoms with Gasteiger partial charge in [0.05, 0.1) is 16.1 Å². The molecule has 2 unspecified atom stereocenters. The van der Waals surface area contributed by atoms with Crippen molar-refractivity contribution in [3.8, 4) is 5.75 Å². The van der Waals surface area contributed by atoms with Gasteiger partial charge in [-0.05, 0) is 37.4 Å². The first-order chi connectivity index (χ1) is 10.1. The topological polar surface area (TPSA) is 55.5 Å². The van der Waals surface area contributed by atoms with E-state index in [9.17, 15) is 5.11 Å². The van der Waals surface area contributed by atoms with Gasteiger partial charge in [-0.2, -0.15) is 0 Å². The molecule has 21 heavy (non-hydrogen) atoms. The van der Waals surface area contributed by atoms with Gasteiger partial charge in [0.1, 0.15) is 12.4 Å². The molecule has 1 aromatic rings. The standard InChI is InChI=1S/C16H23Cl2NO2/c1-3-10-21-13-8-7-12(17)15(18)14(13)16(20)11(4-2)6-5-9-19/h3,7-8,11,16,20H,1,4-6,9-10,19H2,2H3. The first-order valence-corrected chi connectivity index (χ1v) is 7.92. The van der Waals surface area contributed by atoms with Crippen LogP contribution in [0.1, 0.15) is 37.9 Å². The number of hydrogen-bond acceptors (Lipinski definition) is 3. The summed E-state index contributed by atoms with van der Waals surface area (Å²) in [5, 5.41) is 11.5. The average Bonchev–Trinajstić information content (AvgIpc) is 2.49. The largest absolute Gasteiger partial charge is 0.489 e. The summed E-state index contributed by atoms with van der Waals surface area (Å²) < 4.78 is 5.60. The molecule has 1 rings (SSSR count). The Labute approximate surface area is 136 Å². The quantitative estimate of drug-likeness (QED) is 0.661. The summed E-state index contributed by atoms with van der Waals surface area (Å²) in [6, 6.07) is 3.39. The van der Waals surface area contributed by atoms with Gasteiger partial charge in [-0.25, -0.2) is 0 Å². The highest BCUT2D eigenvalue weighted by Crippen LogP contribution is 2.41. The molecule has 0 fully saturated rings. The van der Waals surface area contributed by atoms with E-state index in [1.807, 2.05) is 6.92 Å². The maximum Gasteiger partial charge on any atom is 0.127 e. The summed E-state index contributed by atoms with van der Waals surface area (Å²) in [6.45, 7) is 6.60. The van der Waals surface area contributed by atoms with Crippen LogP contribution in [0.2, 0.25) is 10.0 Å². The van der Waals surface area contributed by atoms with Gasteiger partial charge in [-0.1, -0.05) is 49.2 Å². The summed E-state index contributed by atoms with van der Waals surface area (Å²) >= 11 is 12.4. The van der Waals surface area contributed by atoms with Gasteiger partial charge in [0, 0.05) is 5.56 Å². The molecule has 0 spiro atoms. The van der Waals surface area contributed by atoms with Crippen molar-refractivity contribution in [2.45, 2.75) is 32.3 Å². The summed E-state index contributed by atoms with van der Waals surface area (Å²) in [7, 11) is 0. The monoisotopic (exact) mass is 331 g/mol. The van der Waals surface area contributed by atoms with E-state index in [1.54, 1.807) is 18.2 Å². The van der Waals surface area contributed by atoms with Crippen molar-refractivity contribution in [3.63, 3.8) is 0 Å². The van der Waals surface area contributed by atoms with Crippen LogP contribution in [-0.4, -0.2) is 18.3 Å². The number of hydrogen-bond donors (Lipinski definition) is 2. The number of aliphatic hydroxyl groups is 1. The lowest BCUT2D eigenvalue weighted by molar-refractivity contribution is 0.0964. The fourth-order valence-electron chi connectivity index (χ4n) is 2.30. The lowest BCUT2D eigenvalue weighted by atomic mass is 9.89. The first-order valence-electron chi connectivity index (χ1n) is 7.16. The Bertz CT molecular complexity index is 466. The second kappa shape index (κ2) is 9.31. The lowest BCUT2D eigenvalue weighted by Crippen LogP contribution is -2.15. The van der Waals surface area contributed by atoms with Gasteiger partial charge in [-0.15, -0.1) is 0 Å². The van der Waals surface area contributed by atoms with E-state index >= 15 is 0 Å². The molecule has 0 saturated heterocycles. The molecule has 0 aromatic heterocycles. The van der Waals surface area contributed by atoms with Crippen LogP contribution in [0.3, 0.4) is 0 Å². The van der Waals surface area contributed by atoms with E-state index < -0.39 is 6.10 Å². The minimum absolute atomic E-state index is 0.0654. The third kappa shape index (κ3) is 4.89. The van der Waals surface area contributed by atoms with Crippen molar-refractivity contribution < 1.29 is 9.84 Å². The van der Waals surface area contributed by atoms with Gasteiger partial charge in [0.2, 0.25) is 0 Å². The van der Waals surface area contributed by atoms with Crippen molar-refractivity contribution in [3.05, 3.63) is 40.4 Å². The van der Waals surface area contributed by atoms with Crippen LogP contribution in [0.25, 0.3) is 0 Å². The van der Waals surface area contributed by atoms with Gasteiger partial charge in [0.15, 0.2) is 0 Å². The van der Waals surface area contributed by atoms with Crippen LogP contribution in [0, 0.1) is 5.92 Å². The van der Waals surface area contributed by atoms with E-state index in [2.05, 4.69) is 6.58 Å². The normalized spacial score (nSPS) is 13.8. The smallest absolute Gasteiger partial charge is 0.127 e. The predicted octanol–water partition coefficient (Wildman–Crippen LogP) is 4.36. The first kappa shape index (κ1) is 18.3. The Morgan fingerprint density at radius 3 is 2.71 bits per heavy atom. The molecule has 2 atom stereocenters. The fourth-order valence-corrected chi connectivity index (χ4v) is 2.73. The molecule has 0 aliphatic heterocycles. The van der Waals surface area contributed by atoms with Gasteiger partial charge < -0.3 is 15.6 Å². The van der Waals surface area contributed by atoms with E-state index in [0.29, 0.717) is 34.5 Å². The molecule has 0 bridgehead atoms. The summed E-state index contributed by atoms with van der Waals surface area (Å²) in [5.74, 6) is 0.610. The molecule has 3 nitrogen and oxygen atoms in total. The van der Waals surface area contributed by atoms with Crippen LogP contribution < -0.4 is 10.5 Å². The highest BCUT2D eigenvalue weighted by molar-refractivity contribution is 6.42. The zero-order valence-electron chi connectivity index (χ0n) is 12.3. The summed E-state index contributed by atoms with van der Waals surface area (Å²) in [6.07, 6.45) is 3.43. The maximum atomic E-state index is 10.7. The number of aliphatic hydroxyl groups excluding tert-OH is 1. The number of halogens is 2. The highest BCUT2D eigenvalue weighted by atomic mass is 35.5. The Kier molecular flexibility index (Phi) is 8.12. The molecule has 0 radical (unpaired) electrons. The Balaban J connectivity index is 3.11. The molecule has 5 heteroatoms. The Hall–Kier alpha value is -0.740. The van der Waals surface area contributed by atoms with Crippen molar-refractivity contribution in [2.24, 2.45) is 11.7 Å². The summed E-state index contributed by atoms with van der Waals surface area (Å²) in [4.78, 5) is 0. The fraction of sp³-hybridized carbons (Fsp3) is 0.500. The van der Waals surface area contributed by atoms with Crippen LogP contribution in [0.15, 0.2) is 24.8 Å². The molecule has 0 heterocycles. The molecule has 0 amide bonds. The van der Waals surface area contributed by atoms with E-state index in [0.717, 1.165) is 19.3 Å². The van der Waals surface area contributed by atoms with Crippen LogP contribution >= 0.6 is 23.2 Å². The van der Waals surface area contributed by atoms with E-state index in [-0.39, 0.29) is 5.92 Å². The van der Waals surface area contributed by atoms with Crippen molar-refractivity contribution in [2.75, 3.05) is 13.2 Å². The Morgan fingerprint density at radius 2 is 2.14 bits per heavy atom. The number of nitrogens with two attached hydrogens (primary N) is 1. The molecule has 0 aliphatic carbocycles. The van der Waals surface area contributed by atoms with Crippen molar-refractivity contribution in [1.82, 2.24) is 0 Å². The molecule has 1 aromatic carbocycles. The lowest BCUT2D eigenvalue weighted by Gasteiger charge is -2.25. The van der Waals surface area contributed by atoms with Gasteiger partial charge in [0.25, 0.3) is 0 Å². The molecular weight excluding hydrogens is 309 g/mol. The summed E-state index contributed by atoms with van der Waals surface area (Å²) in [5.41, 5.74) is 6.11. The average molecular weight is 332 g/mol. The molecule has 3 N–H and O–H groups in total. The maximum absolute atomic E-state index is 10.7.